The van der Waals surface area contributed by atoms with Gasteiger partial charge in [0.1, 0.15) is 11.5 Å². The molecule has 146 valence electrons. The molecule has 0 unspecified atom stereocenters. The van der Waals surface area contributed by atoms with Gasteiger partial charge in [-0.2, -0.15) is 0 Å². The predicted octanol–water partition coefficient (Wildman–Crippen LogP) is 6.27. The summed E-state index contributed by atoms with van der Waals surface area (Å²) in [7, 11) is 0. The van der Waals surface area contributed by atoms with E-state index < -0.39 is 0 Å². The molecule has 0 saturated heterocycles. The zero-order valence-electron chi connectivity index (χ0n) is 16.2. The lowest BCUT2D eigenvalue weighted by Crippen LogP contribution is -1.86. The Kier molecular flexibility index (Phi) is 5.67. The number of aliphatic imine (C=N–C) groups is 2. The Bertz CT molecular complexity index is 1210. The van der Waals surface area contributed by atoms with Gasteiger partial charge < -0.3 is 10.2 Å². The fourth-order valence-corrected chi connectivity index (χ4v) is 3.07. The van der Waals surface area contributed by atoms with Crippen LogP contribution in [0.5, 0.6) is 11.5 Å². The van der Waals surface area contributed by atoms with Crippen molar-refractivity contribution in [3.05, 3.63) is 108 Å². The summed E-state index contributed by atoms with van der Waals surface area (Å²) in [5.41, 5.74) is 4.27. The average Bonchev–Trinajstić information content (AvgIpc) is 2.79. The summed E-state index contributed by atoms with van der Waals surface area (Å²) in [6, 6.07) is 29.8. The molecule has 0 radical (unpaired) electrons. The third-order valence-corrected chi connectivity index (χ3v) is 4.66. The van der Waals surface area contributed by atoms with Crippen LogP contribution in [-0.4, -0.2) is 22.6 Å². The molecule has 4 rings (SSSR count). The molecule has 0 spiro atoms. The van der Waals surface area contributed by atoms with E-state index in [4.69, 9.17) is 0 Å². The molecule has 0 aliphatic rings. The molecular formula is C26H20N2O2. The Morgan fingerprint density at radius 1 is 0.533 bits per heavy atom. The summed E-state index contributed by atoms with van der Waals surface area (Å²) in [6.07, 6.45) is 3.24. The van der Waals surface area contributed by atoms with Crippen LogP contribution in [-0.2, 0) is 0 Å². The number of rotatable bonds is 5. The summed E-state index contributed by atoms with van der Waals surface area (Å²) in [5.74, 6) is 0.354. The fraction of sp³-hybridized carbons (Fsp3) is 0. The Balaban J connectivity index is 1.64. The largest absolute Gasteiger partial charge is 0.507 e. The van der Waals surface area contributed by atoms with Crippen LogP contribution in [0.15, 0.2) is 107 Å². The molecule has 0 aliphatic heterocycles. The maximum absolute atomic E-state index is 10.7. The lowest BCUT2D eigenvalue weighted by atomic mass is 10.0. The van der Waals surface area contributed by atoms with Gasteiger partial charge in [0, 0.05) is 29.1 Å². The van der Waals surface area contributed by atoms with Crippen molar-refractivity contribution in [1.29, 1.82) is 0 Å². The van der Waals surface area contributed by atoms with Crippen molar-refractivity contribution in [2.45, 2.75) is 0 Å². The molecule has 4 heteroatoms. The molecule has 30 heavy (non-hydrogen) atoms. The Morgan fingerprint density at radius 2 is 1.10 bits per heavy atom. The number of hydrogen-bond acceptors (Lipinski definition) is 4. The van der Waals surface area contributed by atoms with Gasteiger partial charge in [-0.1, -0.05) is 66.7 Å². The summed E-state index contributed by atoms with van der Waals surface area (Å²) in [5, 5.41) is 20.6. The average molecular weight is 392 g/mol. The smallest absolute Gasteiger partial charge is 0.132 e. The Morgan fingerprint density at radius 3 is 1.80 bits per heavy atom. The number of nitrogens with zero attached hydrogens (tertiary/aromatic N) is 2. The molecule has 0 aliphatic carbocycles. The highest BCUT2D eigenvalue weighted by molar-refractivity contribution is 5.91. The van der Waals surface area contributed by atoms with Crippen LogP contribution in [0.25, 0.3) is 11.1 Å². The van der Waals surface area contributed by atoms with Gasteiger partial charge in [-0.15, -0.1) is 0 Å². The summed E-state index contributed by atoms with van der Waals surface area (Å²) in [6.45, 7) is 0. The van der Waals surface area contributed by atoms with Gasteiger partial charge in [-0.25, -0.2) is 0 Å². The summed E-state index contributed by atoms with van der Waals surface area (Å²) < 4.78 is 0. The van der Waals surface area contributed by atoms with E-state index in [9.17, 15) is 10.2 Å². The SMILES string of the molecule is Oc1ccccc1C=Nc1ccccc1N=Cc1cccc(-c2ccccc2)c1O. The third kappa shape index (κ3) is 4.28. The zero-order valence-corrected chi connectivity index (χ0v) is 16.2. The van der Waals surface area contributed by atoms with E-state index in [1.807, 2.05) is 78.9 Å². The van der Waals surface area contributed by atoms with Gasteiger partial charge in [0.2, 0.25) is 0 Å². The van der Waals surface area contributed by atoms with Crippen molar-refractivity contribution < 1.29 is 10.2 Å². The number of benzene rings is 4. The lowest BCUT2D eigenvalue weighted by Gasteiger charge is -2.07. The normalized spacial score (nSPS) is 11.3. The molecule has 4 nitrogen and oxygen atoms in total. The van der Waals surface area contributed by atoms with Crippen LogP contribution < -0.4 is 0 Å². The molecule has 4 aromatic rings. The summed E-state index contributed by atoms with van der Waals surface area (Å²) >= 11 is 0. The van der Waals surface area contributed by atoms with Crippen LogP contribution in [0.2, 0.25) is 0 Å². The van der Waals surface area contributed by atoms with E-state index in [1.54, 1.807) is 30.6 Å². The molecule has 0 aromatic heterocycles. The van der Waals surface area contributed by atoms with Crippen molar-refractivity contribution in [3.63, 3.8) is 0 Å². The topological polar surface area (TPSA) is 65.2 Å². The minimum absolute atomic E-state index is 0.171. The number of phenols is 2. The molecule has 0 saturated carbocycles. The quantitative estimate of drug-likeness (QED) is 0.393. The second kappa shape index (κ2) is 8.88. The van der Waals surface area contributed by atoms with Gasteiger partial charge in [0.25, 0.3) is 0 Å². The molecule has 0 atom stereocenters. The monoisotopic (exact) mass is 392 g/mol. The van der Waals surface area contributed by atoms with E-state index in [0.29, 0.717) is 22.5 Å². The van der Waals surface area contributed by atoms with Crippen LogP contribution in [0.1, 0.15) is 11.1 Å². The standard InChI is InChI=1S/C26H20N2O2/c29-25-16-7-4-11-20(25)17-27-23-14-5-6-15-24(23)28-18-21-12-8-13-22(26(21)30)19-9-2-1-3-10-19/h1-18,29-30H. The zero-order chi connectivity index (χ0) is 20.8. The van der Waals surface area contributed by atoms with Crippen LogP contribution in [0, 0.1) is 0 Å². The minimum Gasteiger partial charge on any atom is -0.507 e. The molecule has 0 heterocycles. The van der Waals surface area contributed by atoms with Crippen molar-refractivity contribution >= 4 is 23.8 Å². The number of aromatic hydroxyl groups is 2. The first-order chi connectivity index (χ1) is 14.7. The van der Waals surface area contributed by atoms with Gasteiger partial charge in [-0.05, 0) is 35.9 Å². The van der Waals surface area contributed by atoms with Crippen molar-refractivity contribution in [2.75, 3.05) is 0 Å². The molecule has 0 amide bonds. The second-order valence-electron chi connectivity index (χ2n) is 6.67. The first-order valence-corrected chi connectivity index (χ1v) is 9.55. The van der Waals surface area contributed by atoms with Crippen LogP contribution in [0.4, 0.5) is 11.4 Å². The first-order valence-electron chi connectivity index (χ1n) is 9.55. The van der Waals surface area contributed by atoms with Gasteiger partial charge in [-0.3, -0.25) is 9.98 Å². The highest BCUT2D eigenvalue weighted by Gasteiger charge is 2.07. The highest BCUT2D eigenvalue weighted by atomic mass is 16.3. The van der Waals surface area contributed by atoms with E-state index in [2.05, 4.69) is 9.98 Å². The Labute approximate surface area is 175 Å². The van der Waals surface area contributed by atoms with Gasteiger partial charge in [0.15, 0.2) is 0 Å². The third-order valence-electron chi connectivity index (χ3n) is 4.66. The molecule has 0 fully saturated rings. The molecular weight excluding hydrogens is 372 g/mol. The molecule has 4 aromatic carbocycles. The maximum Gasteiger partial charge on any atom is 0.132 e. The van der Waals surface area contributed by atoms with E-state index in [1.165, 1.54) is 0 Å². The highest BCUT2D eigenvalue weighted by Crippen LogP contribution is 2.32. The predicted molar refractivity (Wildman–Crippen MR) is 123 cm³/mol. The van der Waals surface area contributed by atoms with E-state index in [-0.39, 0.29) is 11.5 Å². The number of hydrogen-bond donors (Lipinski definition) is 2. The van der Waals surface area contributed by atoms with Gasteiger partial charge >= 0.3 is 0 Å². The molecule has 0 bridgehead atoms. The Hall–Kier alpha value is -4.18. The first kappa shape index (κ1) is 19.2. The van der Waals surface area contributed by atoms with Crippen molar-refractivity contribution in [2.24, 2.45) is 9.98 Å². The second-order valence-corrected chi connectivity index (χ2v) is 6.67. The lowest BCUT2D eigenvalue weighted by molar-refractivity contribution is 0.474. The maximum atomic E-state index is 10.7. The molecule has 2 N–H and O–H groups in total. The fourth-order valence-electron chi connectivity index (χ4n) is 3.07. The van der Waals surface area contributed by atoms with Crippen LogP contribution in [0.3, 0.4) is 0 Å². The van der Waals surface area contributed by atoms with Gasteiger partial charge in [0.05, 0.1) is 11.4 Å². The van der Waals surface area contributed by atoms with Crippen molar-refractivity contribution in [1.82, 2.24) is 0 Å². The number of para-hydroxylation sites is 4. The van der Waals surface area contributed by atoms with Crippen molar-refractivity contribution in [3.8, 4) is 22.6 Å². The minimum atomic E-state index is 0.171. The van der Waals surface area contributed by atoms with E-state index in [0.717, 1.165) is 11.1 Å². The summed E-state index contributed by atoms with van der Waals surface area (Å²) in [4.78, 5) is 9.02. The van der Waals surface area contributed by atoms with Crippen LogP contribution >= 0.6 is 0 Å². The number of phenolic OH excluding ortho intramolecular Hbond substituents is 2. The van der Waals surface area contributed by atoms with E-state index >= 15 is 0 Å².